The highest BCUT2D eigenvalue weighted by molar-refractivity contribution is 5.80. The van der Waals surface area contributed by atoms with Gasteiger partial charge in [-0.05, 0) is 44.0 Å². The number of carbonyl (C=O) groups is 1. The van der Waals surface area contributed by atoms with Crippen LogP contribution in [0.1, 0.15) is 24.8 Å². The highest BCUT2D eigenvalue weighted by atomic mass is 19.1. The van der Waals surface area contributed by atoms with Crippen molar-refractivity contribution in [1.82, 2.24) is 19.8 Å². The number of piperidine rings is 1. The first-order chi connectivity index (χ1) is 17.2. The Bertz CT molecular complexity index is 1140. The number of amides is 1. The summed E-state index contributed by atoms with van der Waals surface area (Å²) in [6, 6.07) is 14.9. The van der Waals surface area contributed by atoms with Crippen molar-refractivity contribution in [2.75, 3.05) is 57.4 Å². The fourth-order valence-electron chi connectivity index (χ4n) is 5.08. The van der Waals surface area contributed by atoms with Crippen molar-refractivity contribution in [2.24, 2.45) is 5.92 Å². The minimum absolute atomic E-state index is 0.0269. The third-order valence-electron chi connectivity index (χ3n) is 7.12. The summed E-state index contributed by atoms with van der Waals surface area (Å²) in [5, 5.41) is 3.14. The smallest absolute Gasteiger partial charge is 0.223 e. The van der Waals surface area contributed by atoms with Gasteiger partial charge in [0.1, 0.15) is 5.82 Å². The summed E-state index contributed by atoms with van der Waals surface area (Å²) >= 11 is 0. The largest absolute Gasteiger partial charge is 0.379 e. The first-order valence-corrected chi connectivity index (χ1v) is 12.7. The van der Waals surface area contributed by atoms with E-state index in [1.807, 2.05) is 36.4 Å². The van der Waals surface area contributed by atoms with Gasteiger partial charge >= 0.3 is 0 Å². The van der Waals surface area contributed by atoms with Crippen LogP contribution >= 0.6 is 0 Å². The molecule has 8 heteroatoms. The van der Waals surface area contributed by atoms with E-state index in [0.29, 0.717) is 12.1 Å². The number of ether oxygens (including phenoxy) is 1. The molecule has 2 saturated heterocycles. The van der Waals surface area contributed by atoms with Crippen molar-refractivity contribution in [2.45, 2.75) is 25.8 Å². The van der Waals surface area contributed by atoms with Crippen molar-refractivity contribution in [3.05, 3.63) is 59.9 Å². The minimum Gasteiger partial charge on any atom is -0.379 e. The molecule has 2 aliphatic heterocycles. The van der Waals surface area contributed by atoms with Crippen molar-refractivity contribution >= 4 is 22.9 Å². The first-order valence-electron chi connectivity index (χ1n) is 12.7. The average Bonchev–Trinajstić information content (AvgIpc) is 3.27. The van der Waals surface area contributed by atoms with Gasteiger partial charge in [-0.25, -0.2) is 9.37 Å². The molecule has 0 saturated carbocycles. The number of hydrogen-bond donors (Lipinski definition) is 1. The number of imidazole rings is 1. The third kappa shape index (κ3) is 5.65. The van der Waals surface area contributed by atoms with Gasteiger partial charge in [-0.2, -0.15) is 0 Å². The molecule has 0 aliphatic carbocycles. The quantitative estimate of drug-likeness (QED) is 0.503. The van der Waals surface area contributed by atoms with Gasteiger partial charge in [-0.1, -0.05) is 30.3 Å². The predicted molar refractivity (Wildman–Crippen MR) is 135 cm³/mol. The lowest BCUT2D eigenvalue weighted by Gasteiger charge is -2.32. The molecule has 7 nitrogen and oxygen atoms in total. The van der Waals surface area contributed by atoms with Crippen LogP contribution in [0.15, 0.2) is 48.5 Å². The Balaban J connectivity index is 1.19. The summed E-state index contributed by atoms with van der Waals surface area (Å²) in [5.74, 6) is 0.824. The Morgan fingerprint density at radius 1 is 1.03 bits per heavy atom. The summed E-state index contributed by atoms with van der Waals surface area (Å²) in [4.78, 5) is 22.3. The zero-order valence-electron chi connectivity index (χ0n) is 20.2. The molecule has 2 aliphatic rings. The second kappa shape index (κ2) is 11.2. The molecule has 0 radical (unpaired) electrons. The summed E-state index contributed by atoms with van der Waals surface area (Å²) in [6.07, 6.45) is 2.54. The van der Waals surface area contributed by atoms with Crippen molar-refractivity contribution in [1.29, 1.82) is 0 Å². The Labute approximate surface area is 205 Å². The molecular weight excluding hydrogens is 445 g/mol. The molecule has 1 aromatic heterocycles. The first kappa shape index (κ1) is 23.8. The third-order valence-corrected chi connectivity index (χ3v) is 7.12. The van der Waals surface area contributed by atoms with Crippen molar-refractivity contribution < 1.29 is 13.9 Å². The molecule has 35 heavy (non-hydrogen) atoms. The Hall–Kier alpha value is -2.97. The van der Waals surface area contributed by atoms with E-state index < -0.39 is 0 Å². The lowest BCUT2D eigenvalue weighted by Crippen LogP contribution is -2.42. The number of hydrogen-bond acceptors (Lipinski definition) is 5. The van der Waals surface area contributed by atoms with Crippen molar-refractivity contribution in [3.8, 4) is 0 Å². The molecule has 0 atom stereocenters. The molecule has 1 amide bonds. The molecule has 2 fully saturated rings. The van der Waals surface area contributed by atoms with Crippen LogP contribution in [0, 0.1) is 11.7 Å². The maximum Gasteiger partial charge on any atom is 0.223 e. The molecule has 2 aromatic carbocycles. The maximum atomic E-state index is 14.4. The van der Waals surface area contributed by atoms with Gasteiger partial charge in [0.15, 0.2) is 0 Å². The number of halogens is 1. The number of nitrogens with zero attached hydrogens (tertiary/aromatic N) is 4. The fraction of sp³-hybridized carbons (Fsp3) is 0.481. The Morgan fingerprint density at radius 2 is 1.77 bits per heavy atom. The molecule has 3 heterocycles. The fourth-order valence-corrected chi connectivity index (χ4v) is 5.08. The highest BCUT2D eigenvalue weighted by Crippen LogP contribution is 2.28. The highest BCUT2D eigenvalue weighted by Gasteiger charge is 2.28. The molecule has 186 valence electrons. The van der Waals surface area contributed by atoms with E-state index in [1.54, 1.807) is 6.07 Å². The van der Waals surface area contributed by atoms with Gasteiger partial charge in [-0.15, -0.1) is 0 Å². The van der Waals surface area contributed by atoms with E-state index >= 15 is 0 Å². The molecule has 5 rings (SSSR count). The van der Waals surface area contributed by atoms with E-state index in [2.05, 4.69) is 19.7 Å². The maximum absolute atomic E-state index is 14.4. The van der Waals surface area contributed by atoms with E-state index in [-0.39, 0.29) is 17.6 Å². The lowest BCUT2D eigenvalue weighted by molar-refractivity contribution is -0.125. The van der Waals surface area contributed by atoms with Crippen molar-refractivity contribution in [3.63, 3.8) is 0 Å². The monoisotopic (exact) mass is 479 g/mol. The number of benzene rings is 2. The van der Waals surface area contributed by atoms with Crippen LogP contribution < -0.4 is 10.2 Å². The Morgan fingerprint density at radius 3 is 2.57 bits per heavy atom. The number of rotatable bonds is 8. The minimum atomic E-state index is -0.208. The zero-order valence-corrected chi connectivity index (χ0v) is 20.2. The van der Waals surface area contributed by atoms with Crippen LogP contribution in [0.3, 0.4) is 0 Å². The lowest BCUT2D eigenvalue weighted by atomic mass is 9.96. The number of nitrogens with one attached hydrogen (secondary N) is 1. The number of carbonyl (C=O) groups excluding carboxylic acids is 1. The molecule has 0 unspecified atom stereocenters. The predicted octanol–water partition coefficient (Wildman–Crippen LogP) is 3.28. The van der Waals surface area contributed by atoms with Crippen LogP contribution in [0.5, 0.6) is 0 Å². The number of fused-ring (bicyclic) bond motifs is 1. The number of morpholine rings is 1. The normalized spacial score (nSPS) is 17.7. The van der Waals surface area contributed by atoms with E-state index in [4.69, 9.17) is 9.72 Å². The van der Waals surface area contributed by atoms with E-state index in [0.717, 1.165) is 88.7 Å². The molecular formula is C27H34FN5O2. The SMILES string of the molecule is O=C(NCCCN1CCOCC1)C1CCN(c2nc3ccccc3n2Cc2ccccc2F)CC1. The van der Waals surface area contributed by atoms with Gasteiger partial charge in [-0.3, -0.25) is 9.69 Å². The van der Waals surface area contributed by atoms with Crippen LogP contribution in [0.2, 0.25) is 0 Å². The summed E-state index contributed by atoms with van der Waals surface area (Å²) < 4.78 is 21.9. The second-order valence-electron chi connectivity index (χ2n) is 9.44. The van der Waals surface area contributed by atoms with E-state index in [1.165, 1.54) is 6.07 Å². The van der Waals surface area contributed by atoms with E-state index in [9.17, 15) is 9.18 Å². The number of para-hydroxylation sites is 2. The zero-order chi connectivity index (χ0) is 24.0. The number of anilines is 1. The van der Waals surface area contributed by atoms with Gasteiger partial charge in [0.2, 0.25) is 11.9 Å². The number of aromatic nitrogens is 2. The molecule has 0 spiro atoms. The topological polar surface area (TPSA) is 62.6 Å². The van der Waals surface area contributed by atoms with Gasteiger partial charge in [0.05, 0.1) is 30.8 Å². The van der Waals surface area contributed by atoms with Gasteiger partial charge in [0, 0.05) is 44.2 Å². The van der Waals surface area contributed by atoms with Crippen LogP contribution in [0.4, 0.5) is 10.3 Å². The summed E-state index contributed by atoms with van der Waals surface area (Å²) in [7, 11) is 0. The van der Waals surface area contributed by atoms with Crippen LogP contribution in [-0.4, -0.2) is 72.8 Å². The molecule has 1 N–H and O–H groups in total. The van der Waals surface area contributed by atoms with Crippen LogP contribution in [-0.2, 0) is 16.1 Å². The Kier molecular flexibility index (Phi) is 7.59. The summed E-state index contributed by atoms with van der Waals surface area (Å²) in [6.45, 7) is 7.22. The van der Waals surface area contributed by atoms with Gasteiger partial charge in [0.25, 0.3) is 0 Å². The average molecular weight is 480 g/mol. The van der Waals surface area contributed by atoms with Crippen LogP contribution in [0.25, 0.3) is 11.0 Å². The van der Waals surface area contributed by atoms with Gasteiger partial charge < -0.3 is 19.5 Å². The molecule has 3 aromatic rings. The standard InChI is InChI=1S/C27H34FN5O2/c28-23-7-2-1-6-22(23)20-33-25-9-4-3-8-24(25)30-27(33)32-14-10-21(11-15-32)26(34)29-12-5-13-31-16-18-35-19-17-31/h1-4,6-9,21H,5,10-20H2,(H,29,34). The summed E-state index contributed by atoms with van der Waals surface area (Å²) in [5.41, 5.74) is 2.54. The second-order valence-corrected chi connectivity index (χ2v) is 9.44. The molecule has 0 bridgehead atoms.